The molecule has 8 nitrogen and oxygen atoms in total. The highest BCUT2D eigenvalue weighted by molar-refractivity contribution is 7.93. The number of anilines is 1. The van der Waals surface area contributed by atoms with Crippen LogP contribution in [0.4, 0.5) is 5.13 Å². The SMILES string of the molecule is CS(=O)(=O)NCCc1ccc(C(=O)CN(c2nccs2)S(=O)(=O)c2ccccc2)cc1. The molecule has 0 atom stereocenters. The number of hydrogen-bond donors (Lipinski definition) is 1. The minimum atomic E-state index is -3.97. The zero-order valence-electron chi connectivity index (χ0n) is 16.6. The summed E-state index contributed by atoms with van der Waals surface area (Å²) in [5.74, 6) is -0.379. The predicted octanol–water partition coefficient (Wildman–Crippen LogP) is 2.31. The van der Waals surface area contributed by atoms with Gasteiger partial charge in [-0.25, -0.2) is 30.8 Å². The monoisotopic (exact) mass is 479 g/mol. The number of ketones is 1. The van der Waals surface area contributed by atoms with E-state index >= 15 is 0 Å². The van der Waals surface area contributed by atoms with Crippen molar-refractivity contribution in [2.45, 2.75) is 11.3 Å². The molecule has 1 aromatic heterocycles. The number of Topliss-reactive ketones (excluding diaryl/α,β-unsaturated/α-hetero) is 1. The van der Waals surface area contributed by atoms with E-state index in [9.17, 15) is 21.6 Å². The minimum Gasteiger partial charge on any atom is -0.292 e. The van der Waals surface area contributed by atoms with Crippen molar-refractivity contribution < 1.29 is 21.6 Å². The molecule has 0 aliphatic rings. The van der Waals surface area contributed by atoms with Crippen molar-refractivity contribution >= 4 is 42.3 Å². The Balaban J connectivity index is 1.77. The maximum absolute atomic E-state index is 13.1. The number of nitrogens with one attached hydrogen (secondary N) is 1. The Hall–Kier alpha value is -2.60. The molecule has 0 spiro atoms. The van der Waals surface area contributed by atoms with E-state index in [2.05, 4.69) is 9.71 Å². The first kappa shape index (κ1) is 23.1. The van der Waals surface area contributed by atoms with E-state index in [0.29, 0.717) is 12.0 Å². The highest BCUT2D eigenvalue weighted by Gasteiger charge is 2.29. The molecule has 0 aliphatic carbocycles. The van der Waals surface area contributed by atoms with Crippen LogP contribution in [0.15, 0.2) is 71.1 Å². The molecule has 1 N–H and O–H groups in total. The maximum atomic E-state index is 13.1. The van der Waals surface area contributed by atoms with E-state index in [1.54, 1.807) is 47.8 Å². The summed E-state index contributed by atoms with van der Waals surface area (Å²) >= 11 is 1.13. The molecule has 1 heterocycles. The van der Waals surface area contributed by atoms with E-state index in [0.717, 1.165) is 27.5 Å². The number of thiazole rings is 1. The van der Waals surface area contributed by atoms with Crippen molar-refractivity contribution in [3.63, 3.8) is 0 Å². The second kappa shape index (κ2) is 9.69. The van der Waals surface area contributed by atoms with Crippen LogP contribution >= 0.6 is 11.3 Å². The van der Waals surface area contributed by atoms with Crippen molar-refractivity contribution in [2.75, 3.05) is 23.7 Å². The largest absolute Gasteiger partial charge is 0.292 e. The molecular formula is C20H21N3O5S3. The molecule has 3 aromatic rings. The molecule has 2 aromatic carbocycles. The first-order chi connectivity index (χ1) is 14.7. The summed E-state index contributed by atoms with van der Waals surface area (Å²) in [6, 6.07) is 14.5. The third-order valence-electron chi connectivity index (χ3n) is 4.30. The molecule has 0 aliphatic heterocycles. The van der Waals surface area contributed by atoms with Gasteiger partial charge < -0.3 is 0 Å². The fourth-order valence-corrected chi connectivity index (χ4v) is 5.51. The number of carbonyl (C=O) groups excluding carboxylic acids is 1. The first-order valence-corrected chi connectivity index (χ1v) is 13.4. The Kier molecular flexibility index (Phi) is 7.21. The topological polar surface area (TPSA) is 114 Å². The summed E-state index contributed by atoms with van der Waals surface area (Å²) in [4.78, 5) is 17.0. The lowest BCUT2D eigenvalue weighted by molar-refractivity contribution is 0.100. The van der Waals surface area contributed by atoms with Crippen molar-refractivity contribution in [1.82, 2.24) is 9.71 Å². The van der Waals surface area contributed by atoms with Gasteiger partial charge in [0.25, 0.3) is 10.0 Å². The van der Waals surface area contributed by atoms with Crippen LogP contribution in [-0.4, -0.2) is 46.9 Å². The summed E-state index contributed by atoms with van der Waals surface area (Å²) < 4.78 is 52.0. The molecule has 0 saturated heterocycles. The molecule has 0 fully saturated rings. The summed E-state index contributed by atoms with van der Waals surface area (Å²) in [5, 5.41) is 1.85. The number of aromatic nitrogens is 1. The van der Waals surface area contributed by atoms with Gasteiger partial charge in [-0.2, -0.15) is 0 Å². The standard InChI is InChI=1S/C20H21N3O5S3/c1-30(25,26)22-12-11-16-7-9-17(10-8-16)19(24)15-23(20-21-13-14-29-20)31(27,28)18-5-3-2-4-6-18/h2-10,13-14,22H,11-12,15H2,1H3. The van der Waals surface area contributed by atoms with Gasteiger partial charge in [0.05, 0.1) is 11.2 Å². The van der Waals surface area contributed by atoms with Crippen LogP contribution in [0.1, 0.15) is 15.9 Å². The number of rotatable bonds is 10. The van der Waals surface area contributed by atoms with Crippen LogP contribution < -0.4 is 9.03 Å². The zero-order chi connectivity index (χ0) is 22.5. The number of nitrogens with zero attached hydrogens (tertiary/aromatic N) is 2. The molecule has 0 amide bonds. The van der Waals surface area contributed by atoms with Crippen molar-refractivity contribution in [3.8, 4) is 0 Å². The zero-order valence-corrected chi connectivity index (χ0v) is 19.1. The number of carbonyl (C=O) groups is 1. The third-order valence-corrected chi connectivity index (χ3v) is 7.69. The molecule has 0 bridgehead atoms. The lowest BCUT2D eigenvalue weighted by Crippen LogP contribution is -2.35. The van der Waals surface area contributed by atoms with Crippen LogP contribution in [0.25, 0.3) is 0 Å². The molecular weight excluding hydrogens is 458 g/mol. The van der Waals surface area contributed by atoms with Gasteiger partial charge in [-0.3, -0.25) is 4.79 Å². The molecule has 0 unspecified atom stereocenters. The van der Waals surface area contributed by atoms with E-state index in [1.807, 2.05) is 0 Å². The van der Waals surface area contributed by atoms with Crippen molar-refractivity contribution in [1.29, 1.82) is 0 Å². The predicted molar refractivity (Wildman–Crippen MR) is 120 cm³/mol. The van der Waals surface area contributed by atoms with E-state index in [1.165, 1.54) is 18.3 Å². The molecule has 31 heavy (non-hydrogen) atoms. The molecule has 164 valence electrons. The highest BCUT2D eigenvalue weighted by atomic mass is 32.2. The lowest BCUT2D eigenvalue weighted by Gasteiger charge is -2.21. The molecule has 0 radical (unpaired) electrons. The average molecular weight is 480 g/mol. The van der Waals surface area contributed by atoms with Gasteiger partial charge in [-0.15, -0.1) is 11.3 Å². The number of sulfonamides is 2. The van der Waals surface area contributed by atoms with E-state index in [4.69, 9.17) is 0 Å². The number of hydrogen-bond acceptors (Lipinski definition) is 7. The van der Waals surface area contributed by atoms with Gasteiger partial charge in [0.2, 0.25) is 10.0 Å². The van der Waals surface area contributed by atoms with E-state index < -0.39 is 20.0 Å². The maximum Gasteiger partial charge on any atom is 0.266 e. The number of benzene rings is 2. The fraction of sp³-hybridized carbons (Fsp3) is 0.200. The summed E-state index contributed by atoms with van der Waals surface area (Å²) in [6.07, 6.45) is 3.04. The second-order valence-electron chi connectivity index (χ2n) is 6.68. The Morgan fingerprint density at radius 2 is 1.71 bits per heavy atom. The minimum absolute atomic E-state index is 0.0757. The summed E-state index contributed by atoms with van der Waals surface area (Å²) in [5.41, 5.74) is 1.20. The van der Waals surface area contributed by atoms with Gasteiger partial charge in [0, 0.05) is 23.7 Å². The molecule has 3 rings (SSSR count). The first-order valence-electron chi connectivity index (χ1n) is 9.21. The third kappa shape index (κ3) is 6.20. The van der Waals surface area contributed by atoms with Crippen molar-refractivity contribution in [3.05, 3.63) is 77.3 Å². The van der Waals surface area contributed by atoms with E-state index in [-0.39, 0.29) is 28.9 Å². The molecule has 11 heteroatoms. The van der Waals surface area contributed by atoms with Gasteiger partial charge >= 0.3 is 0 Å². The van der Waals surface area contributed by atoms with Gasteiger partial charge in [0.15, 0.2) is 10.9 Å². The highest BCUT2D eigenvalue weighted by Crippen LogP contribution is 2.26. The van der Waals surface area contributed by atoms with Crippen LogP contribution in [0.3, 0.4) is 0 Å². The lowest BCUT2D eigenvalue weighted by atomic mass is 10.1. The average Bonchev–Trinajstić information content (AvgIpc) is 3.26. The summed E-state index contributed by atoms with van der Waals surface area (Å²) in [6.45, 7) is -0.140. The van der Waals surface area contributed by atoms with Crippen molar-refractivity contribution in [2.24, 2.45) is 0 Å². The summed E-state index contributed by atoms with van der Waals surface area (Å²) in [7, 11) is -7.23. The van der Waals surface area contributed by atoms with Gasteiger partial charge in [-0.1, -0.05) is 42.5 Å². The Morgan fingerprint density at radius 3 is 2.29 bits per heavy atom. The van der Waals surface area contributed by atoms with Gasteiger partial charge in [-0.05, 0) is 24.1 Å². The Morgan fingerprint density at radius 1 is 1.03 bits per heavy atom. The molecule has 0 saturated carbocycles. The Labute approximate surface area is 185 Å². The quantitative estimate of drug-likeness (QED) is 0.447. The van der Waals surface area contributed by atoms with Crippen LogP contribution in [-0.2, 0) is 26.5 Å². The fourth-order valence-electron chi connectivity index (χ4n) is 2.77. The van der Waals surface area contributed by atoms with Crippen LogP contribution in [0.5, 0.6) is 0 Å². The van der Waals surface area contributed by atoms with Crippen LogP contribution in [0, 0.1) is 0 Å². The Bertz CT molecular complexity index is 1220. The normalized spacial score (nSPS) is 11.9. The second-order valence-corrected chi connectivity index (χ2v) is 11.2. The van der Waals surface area contributed by atoms with Crippen LogP contribution in [0.2, 0.25) is 0 Å². The van der Waals surface area contributed by atoms with Gasteiger partial charge in [0.1, 0.15) is 6.54 Å². The smallest absolute Gasteiger partial charge is 0.266 e.